The maximum atomic E-state index is 6.58. The zero-order valence-corrected chi connectivity index (χ0v) is 30.6. The van der Waals surface area contributed by atoms with Crippen molar-refractivity contribution in [2.24, 2.45) is 0 Å². The molecule has 0 fully saturated rings. The Morgan fingerprint density at radius 3 is 1.95 bits per heavy atom. The molecule has 0 spiro atoms. The Bertz CT molecular complexity index is 1810. The first kappa shape index (κ1) is 31.4. The van der Waals surface area contributed by atoms with Gasteiger partial charge in [0.1, 0.15) is 0 Å². The van der Waals surface area contributed by atoms with Crippen LogP contribution in [0.2, 0.25) is 11.5 Å². The molecule has 0 radical (unpaired) electrons. The molecule has 0 amide bonds. The van der Waals surface area contributed by atoms with Gasteiger partial charge in [0.25, 0.3) is 0 Å². The molecular weight excluding hydrogens is 768 g/mol. The van der Waals surface area contributed by atoms with Gasteiger partial charge in [0.05, 0.1) is 0 Å². The summed E-state index contributed by atoms with van der Waals surface area (Å²) in [5.74, 6) is 6.29. The Labute approximate surface area is 273 Å². The molecule has 1 aliphatic rings. The van der Waals surface area contributed by atoms with E-state index in [9.17, 15) is 0 Å². The summed E-state index contributed by atoms with van der Waals surface area (Å²) in [4.78, 5) is 9.52. The fourth-order valence-corrected chi connectivity index (χ4v) is 12.2. The molecule has 6 rings (SSSR count). The van der Waals surface area contributed by atoms with Crippen LogP contribution >= 0.6 is 0 Å². The zero-order valence-electron chi connectivity index (χ0n) is 26.2. The van der Waals surface area contributed by atoms with Crippen LogP contribution in [0.25, 0.3) is 33.6 Å². The first-order chi connectivity index (χ1) is 19.8. The number of ether oxygens (including phenoxy) is 1. The summed E-state index contributed by atoms with van der Waals surface area (Å²) in [6.45, 7) is 13.4. The first-order valence-electron chi connectivity index (χ1n) is 14.7. The molecule has 3 aromatic carbocycles. The molecule has 1 aliphatic heterocycles. The molecular formula is C38H38GeN2OPt. The summed E-state index contributed by atoms with van der Waals surface area (Å²) in [7, 11) is 0. The molecule has 5 aromatic rings. The predicted molar refractivity (Wildman–Crippen MR) is 177 cm³/mol. The Morgan fingerprint density at radius 1 is 0.651 bits per heavy atom. The molecule has 0 bridgehead atoms. The van der Waals surface area contributed by atoms with E-state index >= 15 is 0 Å². The Hall–Kier alpha value is -3.01. The van der Waals surface area contributed by atoms with Gasteiger partial charge < -0.3 is 0 Å². The number of fused-ring (bicyclic) bond motifs is 3. The molecule has 0 unspecified atom stereocenters. The van der Waals surface area contributed by atoms with E-state index in [2.05, 4.69) is 125 Å². The molecule has 0 N–H and O–H groups in total. The van der Waals surface area contributed by atoms with Gasteiger partial charge in [-0.25, -0.2) is 0 Å². The van der Waals surface area contributed by atoms with Crippen LogP contribution in [0.4, 0.5) is 0 Å². The van der Waals surface area contributed by atoms with Crippen molar-refractivity contribution in [2.45, 2.75) is 63.9 Å². The van der Waals surface area contributed by atoms with Crippen molar-refractivity contribution in [3.05, 3.63) is 108 Å². The van der Waals surface area contributed by atoms with Gasteiger partial charge >= 0.3 is 275 Å². The van der Waals surface area contributed by atoms with Crippen molar-refractivity contribution >= 4 is 22.1 Å². The van der Waals surface area contributed by atoms with Crippen LogP contribution < -0.4 is 13.5 Å². The number of rotatable bonds is 4. The number of pyridine rings is 2. The molecule has 5 heteroatoms. The monoisotopic (exact) mass is 807 g/mol. The van der Waals surface area contributed by atoms with Crippen LogP contribution in [0.5, 0.6) is 11.5 Å². The summed E-state index contributed by atoms with van der Waals surface area (Å²) in [6, 6.07) is 32.8. The zero-order chi connectivity index (χ0) is 29.9. The summed E-state index contributed by atoms with van der Waals surface area (Å²) in [5, 5.41) is 0. The number of hydrogen-bond acceptors (Lipinski definition) is 3. The Balaban J connectivity index is 0.00000368. The molecule has 3 heterocycles. The fraction of sp³-hybridized carbons (Fsp3) is 0.263. The quantitative estimate of drug-likeness (QED) is 0.135. The van der Waals surface area contributed by atoms with Crippen molar-refractivity contribution in [1.82, 2.24) is 9.97 Å². The second-order valence-corrected chi connectivity index (χ2v) is 22.9. The van der Waals surface area contributed by atoms with E-state index in [0.717, 1.165) is 22.5 Å². The minimum atomic E-state index is -2.60. The number of hydrogen-bond donors (Lipinski definition) is 0. The average molecular weight is 806 g/mol. The standard InChI is InChI=1S/C38H38GeN2O.Pt/c1-37(2,3)26-16-18-40-34(21-26)25-12-11-13-28(20-25)42-29-23-31(35-22-27(17-19-41-35)38(4,5)6)36-30-14-9-10-15-32(30)39(7,8)33(36)24-29;/h9-19,21-22,24H,1-8H3;/q-2;+2. The van der Waals surface area contributed by atoms with Crippen LogP contribution in [0.1, 0.15) is 52.7 Å². The van der Waals surface area contributed by atoms with E-state index in [1.165, 1.54) is 31.0 Å². The molecule has 0 saturated carbocycles. The van der Waals surface area contributed by atoms with Gasteiger partial charge in [-0.3, -0.25) is 0 Å². The first-order valence-corrected chi connectivity index (χ1v) is 21.0. The summed E-state index contributed by atoms with van der Waals surface area (Å²) in [6.07, 6.45) is 3.80. The van der Waals surface area contributed by atoms with Gasteiger partial charge in [-0.1, -0.05) is 0 Å². The molecule has 220 valence electrons. The SMILES string of the molecule is CC(C)(C)c1ccnc(-c2[c-]c(Oc3[c-]c(-c4cc(C(C)(C)C)ccn4)c4[c](c3)[Ge]([CH3])([CH3])[c]3ccccc3-4)ccc2)c1.[Pt+2]. The van der Waals surface area contributed by atoms with Crippen LogP contribution in [0, 0.1) is 12.1 Å². The van der Waals surface area contributed by atoms with Crippen LogP contribution in [-0.2, 0) is 31.9 Å². The summed E-state index contributed by atoms with van der Waals surface area (Å²) < 4.78 is 9.47. The molecule has 0 saturated heterocycles. The minimum Gasteiger partial charge on any atom is 2.00 e. The summed E-state index contributed by atoms with van der Waals surface area (Å²) >= 11 is -2.60. The van der Waals surface area contributed by atoms with Gasteiger partial charge in [0.15, 0.2) is 0 Å². The van der Waals surface area contributed by atoms with Gasteiger partial charge in [0.2, 0.25) is 0 Å². The van der Waals surface area contributed by atoms with E-state index in [1.54, 1.807) is 0 Å². The minimum absolute atomic E-state index is 0. The molecule has 43 heavy (non-hydrogen) atoms. The number of aromatic nitrogens is 2. The number of benzene rings is 3. The smallest absolute Gasteiger partial charge is 2.00 e. The largest absolute Gasteiger partial charge is 2.00 e. The van der Waals surface area contributed by atoms with Gasteiger partial charge in [-0.05, 0) is 0 Å². The normalized spacial score (nSPS) is 13.6. The fourth-order valence-electron chi connectivity index (χ4n) is 5.82. The third kappa shape index (κ3) is 6.04. The summed E-state index contributed by atoms with van der Waals surface area (Å²) in [5.41, 5.74) is 8.85. The van der Waals surface area contributed by atoms with Crippen LogP contribution in [-0.4, -0.2) is 23.2 Å². The molecule has 2 aromatic heterocycles. The van der Waals surface area contributed by atoms with E-state index in [1.807, 2.05) is 30.6 Å². The predicted octanol–water partition coefficient (Wildman–Crippen LogP) is 8.60. The molecule has 3 nitrogen and oxygen atoms in total. The average Bonchev–Trinajstić information content (AvgIpc) is 3.19. The van der Waals surface area contributed by atoms with Gasteiger partial charge in [-0.15, -0.1) is 0 Å². The van der Waals surface area contributed by atoms with Crippen molar-refractivity contribution in [2.75, 3.05) is 0 Å². The Kier molecular flexibility index (Phi) is 8.39. The van der Waals surface area contributed by atoms with Gasteiger partial charge in [0, 0.05) is 0 Å². The second kappa shape index (κ2) is 11.5. The topological polar surface area (TPSA) is 35.0 Å². The molecule has 0 atom stereocenters. The third-order valence-electron chi connectivity index (χ3n) is 8.36. The van der Waals surface area contributed by atoms with Crippen LogP contribution in [0.15, 0.2) is 85.2 Å². The number of nitrogens with zero attached hydrogens (tertiary/aromatic N) is 2. The van der Waals surface area contributed by atoms with E-state index < -0.39 is 13.3 Å². The maximum absolute atomic E-state index is 6.58. The third-order valence-corrected chi connectivity index (χ3v) is 15.8. The van der Waals surface area contributed by atoms with E-state index in [4.69, 9.17) is 9.72 Å². The van der Waals surface area contributed by atoms with Crippen molar-refractivity contribution < 1.29 is 25.8 Å². The van der Waals surface area contributed by atoms with Crippen molar-refractivity contribution in [1.29, 1.82) is 0 Å². The van der Waals surface area contributed by atoms with Gasteiger partial charge in [-0.2, -0.15) is 0 Å². The van der Waals surface area contributed by atoms with Crippen molar-refractivity contribution in [3.63, 3.8) is 0 Å². The second-order valence-electron chi connectivity index (χ2n) is 13.9. The van der Waals surface area contributed by atoms with Crippen molar-refractivity contribution in [3.8, 4) is 45.1 Å². The molecule has 0 aliphatic carbocycles. The van der Waals surface area contributed by atoms with E-state index in [0.29, 0.717) is 11.5 Å². The maximum Gasteiger partial charge on any atom is 2.00 e. The van der Waals surface area contributed by atoms with E-state index in [-0.39, 0.29) is 31.9 Å². The Morgan fingerprint density at radius 2 is 1.28 bits per heavy atom. The van der Waals surface area contributed by atoms with Crippen LogP contribution in [0.3, 0.4) is 0 Å².